The maximum absolute atomic E-state index is 12.9. The van der Waals surface area contributed by atoms with Crippen molar-refractivity contribution in [3.05, 3.63) is 76.6 Å². The van der Waals surface area contributed by atoms with Gasteiger partial charge < -0.3 is 38.4 Å². The molecule has 3 saturated heterocycles. The van der Waals surface area contributed by atoms with E-state index in [1.807, 2.05) is 30.3 Å². The number of aromatic nitrogens is 2. The summed E-state index contributed by atoms with van der Waals surface area (Å²) in [5.74, 6) is 0.967. The highest BCUT2D eigenvalue weighted by molar-refractivity contribution is 6.31. The number of quaternary nitrogens is 1. The van der Waals surface area contributed by atoms with Gasteiger partial charge in [-0.15, -0.1) is 0 Å². The number of anilines is 2. The number of fused-ring (bicyclic) bond motifs is 3. The monoisotopic (exact) mass is 528 g/mol. The largest absolute Gasteiger partial charge is 1.00 e. The topological polar surface area (TPSA) is 116 Å². The summed E-state index contributed by atoms with van der Waals surface area (Å²) in [7, 11) is 0. The SMILES string of the molecule is Nc1nc(N)c(C(=O)NC2C[N+]3(Cc4ccc(OCc5ccccc5)cc4)CCC2CC3)nc1Cl.[Cl-]. The van der Waals surface area contributed by atoms with Crippen molar-refractivity contribution in [3.8, 4) is 5.75 Å². The minimum atomic E-state index is -0.353. The maximum Gasteiger partial charge on any atom is 0.274 e. The Kier molecular flexibility index (Phi) is 7.88. The van der Waals surface area contributed by atoms with Crippen LogP contribution >= 0.6 is 11.6 Å². The second-order valence-electron chi connectivity index (χ2n) is 9.60. The highest BCUT2D eigenvalue weighted by atomic mass is 35.5. The Hall–Kier alpha value is -3.07. The van der Waals surface area contributed by atoms with Gasteiger partial charge in [0.05, 0.1) is 25.7 Å². The number of amides is 1. The number of ether oxygens (including phenoxy) is 1. The highest BCUT2D eigenvalue weighted by Crippen LogP contribution is 2.36. The average Bonchev–Trinajstić information content (AvgIpc) is 2.87. The first-order chi connectivity index (χ1) is 16.9. The lowest BCUT2D eigenvalue weighted by atomic mass is 9.81. The van der Waals surface area contributed by atoms with Gasteiger partial charge in [-0.25, -0.2) is 9.97 Å². The molecule has 190 valence electrons. The third-order valence-corrected chi connectivity index (χ3v) is 7.51. The van der Waals surface area contributed by atoms with Crippen LogP contribution < -0.4 is 33.9 Å². The molecule has 1 amide bonds. The lowest BCUT2D eigenvalue weighted by Crippen LogP contribution is -3.00. The molecule has 3 aliphatic rings. The van der Waals surface area contributed by atoms with Crippen molar-refractivity contribution in [1.82, 2.24) is 15.3 Å². The van der Waals surface area contributed by atoms with Crippen molar-refractivity contribution in [2.24, 2.45) is 5.92 Å². The zero-order valence-electron chi connectivity index (χ0n) is 19.9. The molecule has 3 fully saturated rings. The summed E-state index contributed by atoms with van der Waals surface area (Å²) in [4.78, 5) is 20.9. The molecule has 2 aromatic carbocycles. The molecule has 1 aromatic heterocycles. The summed E-state index contributed by atoms with van der Waals surface area (Å²) in [5, 5.41) is 3.13. The van der Waals surface area contributed by atoms with E-state index in [2.05, 4.69) is 39.6 Å². The van der Waals surface area contributed by atoms with E-state index in [1.165, 1.54) is 5.56 Å². The quantitative estimate of drug-likeness (QED) is 0.382. The van der Waals surface area contributed by atoms with Crippen LogP contribution in [0.3, 0.4) is 0 Å². The number of nitrogen functional groups attached to an aromatic ring is 2. The number of piperidine rings is 3. The molecule has 0 aliphatic carbocycles. The highest BCUT2D eigenvalue weighted by Gasteiger charge is 2.46. The van der Waals surface area contributed by atoms with E-state index >= 15 is 0 Å². The number of carbonyl (C=O) groups excluding carboxylic acids is 1. The summed E-state index contributed by atoms with van der Waals surface area (Å²) in [6.07, 6.45) is 2.15. The summed E-state index contributed by atoms with van der Waals surface area (Å²) in [6.45, 7) is 4.57. The molecule has 3 aliphatic heterocycles. The molecule has 0 radical (unpaired) electrons. The fourth-order valence-electron chi connectivity index (χ4n) is 5.34. The van der Waals surface area contributed by atoms with Crippen LogP contribution in [0, 0.1) is 5.92 Å². The number of nitrogens with two attached hydrogens (primary N) is 2. The fourth-order valence-corrected chi connectivity index (χ4v) is 5.46. The van der Waals surface area contributed by atoms with Crippen molar-refractivity contribution >= 4 is 29.1 Å². The van der Waals surface area contributed by atoms with Crippen LogP contribution in [0.1, 0.15) is 34.5 Å². The van der Waals surface area contributed by atoms with Gasteiger partial charge in [0.1, 0.15) is 18.9 Å². The first-order valence-electron chi connectivity index (χ1n) is 11.9. The zero-order chi connectivity index (χ0) is 24.4. The molecule has 36 heavy (non-hydrogen) atoms. The van der Waals surface area contributed by atoms with E-state index in [9.17, 15) is 4.79 Å². The van der Waals surface area contributed by atoms with Crippen LogP contribution in [-0.2, 0) is 13.2 Å². The molecule has 10 heteroatoms. The number of rotatable bonds is 7. The molecule has 0 saturated carbocycles. The number of nitrogens with one attached hydrogen (secondary N) is 1. The Morgan fingerprint density at radius 2 is 1.69 bits per heavy atom. The van der Waals surface area contributed by atoms with Gasteiger partial charge in [0.25, 0.3) is 5.91 Å². The van der Waals surface area contributed by atoms with Gasteiger partial charge in [0.2, 0.25) is 0 Å². The molecular formula is C26H30Cl2N6O2. The molecule has 1 atom stereocenters. The fraction of sp³-hybridized carbons (Fsp3) is 0.346. The van der Waals surface area contributed by atoms with E-state index in [0.29, 0.717) is 12.5 Å². The van der Waals surface area contributed by atoms with Gasteiger partial charge in [-0.2, -0.15) is 0 Å². The number of nitrogens with zero attached hydrogens (tertiary/aromatic N) is 3. The van der Waals surface area contributed by atoms with E-state index in [4.69, 9.17) is 27.8 Å². The minimum Gasteiger partial charge on any atom is -1.00 e. The first-order valence-corrected chi connectivity index (χ1v) is 12.3. The van der Waals surface area contributed by atoms with Crippen molar-refractivity contribution in [1.29, 1.82) is 0 Å². The van der Waals surface area contributed by atoms with Crippen LogP contribution in [0.15, 0.2) is 54.6 Å². The number of benzene rings is 2. The molecule has 6 rings (SSSR count). The van der Waals surface area contributed by atoms with Gasteiger partial charge in [0, 0.05) is 18.4 Å². The standard InChI is InChI=1S/C26H29ClN6O2.ClH/c27-23-25(29)32-24(28)22(31-23)26(34)30-21-15-33(12-10-19(21)11-13-33)14-17-6-8-20(9-7-17)35-16-18-4-2-1-3-5-18;/h1-9,19,21H,10-16H2,(H4-,28,29,30,32,34);1H. The van der Waals surface area contributed by atoms with Crippen LogP contribution in [-0.4, -0.2) is 46.0 Å². The second-order valence-corrected chi connectivity index (χ2v) is 9.96. The van der Waals surface area contributed by atoms with Crippen molar-refractivity contribution < 1.29 is 26.4 Å². The van der Waals surface area contributed by atoms with Crippen molar-refractivity contribution in [2.45, 2.75) is 32.0 Å². The van der Waals surface area contributed by atoms with Crippen molar-refractivity contribution in [2.75, 3.05) is 31.1 Å². The second kappa shape index (κ2) is 10.9. The Balaban J connectivity index is 0.00000304. The third kappa shape index (κ3) is 5.67. The molecule has 4 heterocycles. The average molecular weight is 529 g/mol. The maximum atomic E-state index is 12.9. The molecular weight excluding hydrogens is 499 g/mol. The van der Waals surface area contributed by atoms with E-state index in [0.717, 1.165) is 54.8 Å². The van der Waals surface area contributed by atoms with Gasteiger partial charge in [0.15, 0.2) is 22.5 Å². The lowest BCUT2D eigenvalue weighted by Gasteiger charge is -2.52. The van der Waals surface area contributed by atoms with Crippen LogP contribution in [0.5, 0.6) is 5.75 Å². The van der Waals surface area contributed by atoms with Crippen LogP contribution in [0.4, 0.5) is 11.6 Å². The Bertz CT molecular complexity index is 1200. The predicted octanol–water partition coefficient (Wildman–Crippen LogP) is 0.416. The smallest absolute Gasteiger partial charge is 0.274 e. The molecule has 3 aromatic rings. The third-order valence-electron chi connectivity index (χ3n) is 7.23. The summed E-state index contributed by atoms with van der Waals surface area (Å²) in [5.41, 5.74) is 14.0. The molecule has 8 nitrogen and oxygen atoms in total. The van der Waals surface area contributed by atoms with Crippen molar-refractivity contribution in [3.63, 3.8) is 0 Å². The number of halogens is 2. The Labute approximate surface area is 222 Å². The summed E-state index contributed by atoms with van der Waals surface area (Å²) < 4.78 is 6.89. The van der Waals surface area contributed by atoms with Crippen LogP contribution in [0.2, 0.25) is 5.15 Å². The zero-order valence-corrected chi connectivity index (χ0v) is 21.4. The van der Waals surface area contributed by atoms with Gasteiger partial charge in [-0.05, 0) is 35.7 Å². The van der Waals surface area contributed by atoms with Crippen LogP contribution in [0.25, 0.3) is 0 Å². The van der Waals surface area contributed by atoms with E-state index < -0.39 is 0 Å². The predicted molar refractivity (Wildman–Crippen MR) is 136 cm³/mol. The van der Waals surface area contributed by atoms with E-state index in [-0.39, 0.29) is 46.8 Å². The number of hydrogen-bond donors (Lipinski definition) is 3. The molecule has 5 N–H and O–H groups in total. The Morgan fingerprint density at radius 1 is 1.00 bits per heavy atom. The lowest BCUT2D eigenvalue weighted by molar-refractivity contribution is -0.956. The molecule has 2 bridgehead atoms. The summed E-state index contributed by atoms with van der Waals surface area (Å²) in [6, 6.07) is 18.6. The Morgan fingerprint density at radius 3 is 2.39 bits per heavy atom. The number of hydrogen-bond acceptors (Lipinski definition) is 6. The number of carbonyl (C=O) groups is 1. The summed E-state index contributed by atoms with van der Waals surface area (Å²) >= 11 is 5.96. The minimum absolute atomic E-state index is 0. The normalized spacial score (nSPS) is 22.5. The van der Waals surface area contributed by atoms with E-state index in [1.54, 1.807) is 0 Å². The first kappa shape index (κ1) is 26.0. The van der Waals surface area contributed by atoms with Gasteiger partial charge in [-0.1, -0.05) is 41.9 Å². The molecule has 0 spiro atoms. The van der Waals surface area contributed by atoms with Gasteiger partial charge in [-0.3, -0.25) is 4.79 Å². The molecule has 1 unspecified atom stereocenters. The van der Waals surface area contributed by atoms with Gasteiger partial charge >= 0.3 is 0 Å².